The highest BCUT2D eigenvalue weighted by Crippen LogP contribution is 2.27. The Morgan fingerprint density at radius 2 is 1.30 bits per heavy atom. The van der Waals surface area contributed by atoms with E-state index in [0.717, 1.165) is 22.3 Å². The highest BCUT2D eigenvalue weighted by atomic mass is 32.2. The van der Waals surface area contributed by atoms with Crippen LogP contribution in [-0.2, 0) is 10.1 Å². The number of benzene rings is 2. The van der Waals surface area contributed by atoms with E-state index in [1.54, 1.807) is 24.3 Å². The summed E-state index contributed by atoms with van der Waals surface area (Å²) in [6.45, 7) is 7.57. The summed E-state index contributed by atoms with van der Waals surface area (Å²) in [6, 6.07) is 10.4. The number of hydrogen-bond donors (Lipinski definition) is 0. The molecule has 0 saturated heterocycles. The van der Waals surface area contributed by atoms with Crippen LogP contribution in [0.25, 0.3) is 0 Å². The lowest BCUT2D eigenvalue weighted by atomic mass is 10.1. The maximum atomic E-state index is 12.3. The Bertz CT molecular complexity index is 706. The third-order valence-corrected chi connectivity index (χ3v) is 4.34. The van der Waals surface area contributed by atoms with Crippen LogP contribution in [0.15, 0.2) is 41.3 Å². The fourth-order valence-electron chi connectivity index (χ4n) is 2.16. The van der Waals surface area contributed by atoms with E-state index in [2.05, 4.69) is 0 Å². The van der Waals surface area contributed by atoms with Crippen molar-refractivity contribution in [1.82, 2.24) is 0 Å². The maximum absolute atomic E-state index is 12.3. The Hall–Kier alpha value is -1.81. The molecular weight excluding hydrogens is 272 g/mol. The third-order valence-electron chi connectivity index (χ3n) is 3.11. The molecule has 0 atom stereocenters. The quantitative estimate of drug-likeness (QED) is 0.810. The fraction of sp³-hybridized carbons (Fsp3) is 0.250. The lowest BCUT2D eigenvalue weighted by molar-refractivity contribution is 0.482. The Morgan fingerprint density at radius 1 is 0.800 bits per heavy atom. The second-order valence-corrected chi connectivity index (χ2v) is 6.62. The van der Waals surface area contributed by atoms with Crippen LogP contribution in [-0.4, -0.2) is 8.42 Å². The molecule has 0 radical (unpaired) electrons. The topological polar surface area (TPSA) is 43.4 Å². The van der Waals surface area contributed by atoms with E-state index in [-0.39, 0.29) is 4.90 Å². The van der Waals surface area contributed by atoms with Crippen LogP contribution >= 0.6 is 0 Å². The van der Waals surface area contributed by atoms with Crippen molar-refractivity contribution in [1.29, 1.82) is 0 Å². The van der Waals surface area contributed by atoms with E-state index in [1.165, 1.54) is 0 Å². The summed E-state index contributed by atoms with van der Waals surface area (Å²) in [4.78, 5) is 0.169. The summed E-state index contributed by atoms with van der Waals surface area (Å²) in [5.41, 5.74) is 3.73. The number of rotatable bonds is 3. The standard InChI is InChI=1S/C16H18O3S/c1-11-5-7-15(8-6-11)20(17,18)19-16-13(3)9-12(2)10-14(16)4/h5-10H,1-4H3. The van der Waals surface area contributed by atoms with Crippen molar-refractivity contribution in [2.24, 2.45) is 0 Å². The Morgan fingerprint density at radius 3 is 1.80 bits per heavy atom. The molecule has 0 spiro atoms. The second kappa shape index (κ2) is 5.29. The van der Waals surface area contributed by atoms with Gasteiger partial charge in [0.1, 0.15) is 10.6 Å². The van der Waals surface area contributed by atoms with Crippen molar-refractivity contribution in [3.8, 4) is 5.75 Å². The van der Waals surface area contributed by atoms with Gasteiger partial charge in [-0.2, -0.15) is 8.42 Å². The van der Waals surface area contributed by atoms with Crippen molar-refractivity contribution < 1.29 is 12.6 Å². The van der Waals surface area contributed by atoms with E-state index in [4.69, 9.17) is 4.18 Å². The van der Waals surface area contributed by atoms with E-state index in [0.29, 0.717) is 5.75 Å². The Kier molecular flexibility index (Phi) is 3.86. The molecule has 4 heteroatoms. The molecule has 3 nitrogen and oxygen atoms in total. The molecule has 0 unspecified atom stereocenters. The first-order valence-corrected chi connectivity index (χ1v) is 7.79. The van der Waals surface area contributed by atoms with Crippen molar-refractivity contribution in [2.45, 2.75) is 32.6 Å². The fourth-order valence-corrected chi connectivity index (χ4v) is 3.21. The van der Waals surface area contributed by atoms with Crippen molar-refractivity contribution in [3.05, 3.63) is 58.7 Å². The average molecular weight is 290 g/mol. The molecule has 20 heavy (non-hydrogen) atoms. The maximum Gasteiger partial charge on any atom is 0.339 e. The van der Waals surface area contributed by atoms with Crippen LogP contribution in [0.5, 0.6) is 5.75 Å². The molecule has 2 rings (SSSR count). The van der Waals surface area contributed by atoms with Crippen LogP contribution in [0.3, 0.4) is 0 Å². The van der Waals surface area contributed by atoms with Gasteiger partial charge in [0.15, 0.2) is 0 Å². The van der Waals surface area contributed by atoms with Crippen LogP contribution < -0.4 is 4.18 Å². The highest BCUT2D eigenvalue weighted by Gasteiger charge is 2.19. The first-order chi connectivity index (χ1) is 9.29. The van der Waals surface area contributed by atoms with Gasteiger partial charge < -0.3 is 4.18 Å². The summed E-state index contributed by atoms with van der Waals surface area (Å²) in [6.07, 6.45) is 0. The molecule has 0 saturated carbocycles. The third kappa shape index (κ3) is 3.02. The number of aryl methyl sites for hydroxylation is 4. The van der Waals surface area contributed by atoms with Crippen LogP contribution in [0.4, 0.5) is 0 Å². The van der Waals surface area contributed by atoms with Crippen molar-refractivity contribution >= 4 is 10.1 Å². The van der Waals surface area contributed by atoms with Gasteiger partial charge in [0.2, 0.25) is 0 Å². The zero-order valence-corrected chi connectivity index (χ0v) is 12.9. The molecule has 0 aliphatic carbocycles. The van der Waals surface area contributed by atoms with Crippen LogP contribution in [0.2, 0.25) is 0 Å². The van der Waals surface area contributed by atoms with Crippen molar-refractivity contribution in [3.63, 3.8) is 0 Å². The second-order valence-electron chi connectivity index (χ2n) is 5.08. The van der Waals surface area contributed by atoms with E-state index in [9.17, 15) is 8.42 Å². The zero-order valence-electron chi connectivity index (χ0n) is 12.1. The SMILES string of the molecule is Cc1ccc(S(=O)(=O)Oc2c(C)cc(C)cc2C)cc1. The molecule has 0 aliphatic heterocycles. The molecule has 0 N–H and O–H groups in total. The predicted molar refractivity (Wildman–Crippen MR) is 79.6 cm³/mol. The lowest BCUT2D eigenvalue weighted by Crippen LogP contribution is -2.11. The molecule has 0 amide bonds. The highest BCUT2D eigenvalue weighted by molar-refractivity contribution is 7.87. The van der Waals surface area contributed by atoms with Crippen molar-refractivity contribution in [2.75, 3.05) is 0 Å². The monoisotopic (exact) mass is 290 g/mol. The van der Waals surface area contributed by atoms with Crippen LogP contribution in [0.1, 0.15) is 22.3 Å². The number of hydrogen-bond acceptors (Lipinski definition) is 3. The van der Waals surface area contributed by atoms with E-state index in [1.807, 2.05) is 39.8 Å². The van der Waals surface area contributed by atoms with Gasteiger partial charge in [-0.15, -0.1) is 0 Å². The summed E-state index contributed by atoms with van der Waals surface area (Å²) >= 11 is 0. The largest absolute Gasteiger partial charge is 0.378 e. The minimum Gasteiger partial charge on any atom is -0.378 e. The Balaban J connectivity index is 2.41. The van der Waals surface area contributed by atoms with Gasteiger partial charge in [-0.1, -0.05) is 35.4 Å². The Labute approximate surface area is 120 Å². The minimum atomic E-state index is -3.79. The van der Waals surface area contributed by atoms with Gasteiger partial charge in [-0.05, 0) is 51.0 Å². The predicted octanol–water partition coefficient (Wildman–Crippen LogP) is 3.69. The zero-order chi connectivity index (χ0) is 14.9. The van der Waals surface area contributed by atoms with E-state index >= 15 is 0 Å². The molecule has 0 aromatic heterocycles. The molecule has 2 aromatic carbocycles. The van der Waals surface area contributed by atoms with Gasteiger partial charge in [-0.25, -0.2) is 0 Å². The summed E-state index contributed by atoms with van der Waals surface area (Å²) < 4.78 is 29.9. The van der Waals surface area contributed by atoms with Gasteiger partial charge >= 0.3 is 10.1 Å². The first-order valence-electron chi connectivity index (χ1n) is 6.38. The molecule has 2 aromatic rings. The van der Waals surface area contributed by atoms with E-state index < -0.39 is 10.1 Å². The summed E-state index contributed by atoms with van der Waals surface area (Å²) in [7, 11) is -3.79. The van der Waals surface area contributed by atoms with Gasteiger partial charge in [0, 0.05) is 0 Å². The summed E-state index contributed by atoms with van der Waals surface area (Å²) in [5, 5.41) is 0. The van der Waals surface area contributed by atoms with Crippen LogP contribution in [0, 0.1) is 27.7 Å². The smallest absolute Gasteiger partial charge is 0.339 e. The van der Waals surface area contributed by atoms with Gasteiger partial charge in [-0.3, -0.25) is 0 Å². The molecule has 0 fully saturated rings. The van der Waals surface area contributed by atoms with Gasteiger partial charge in [0.05, 0.1) is 0 Å². The first kappa shape index (κ1) is 14.6. The molecule has 0 heterocycles. The minimum absolute atomic E-state index is 0.169. The molecule has 0 aliphatic rings. The molecule has 106 valence electrons. The van der Waals surface area contributed by atoms with Gasteiger partial charge in [0.25, 0.3) is 0 Å². The normalized spacial score (nSPS) is 11.4. The average Bonchev–Trinajstić information content (AvgIpc) is 2.34. The lowest BCUT2D eigenvalue weighted by Gasteiger charge is -2.13. The molecule has 0 bridgehead atoms. The molecular formula is C16H18O3S. The summed E-state index contributed by atoms with van der Waals surface area (Å²) in [5.74, 6) is 0.413.